The highest BCUT2D eigenvalue weighted by Gasteiger charge is 1.97. The van der Waals surface area contributed by atoms with Gasteiger partial charge in [0.15, 0.2) is 0 Å². The summed E-state index contributed by atoms with van der Waals surface area (Å²) in [6, 6.07) is 8.35. The molecule has 2 heteroatoms. The molecule has 0 fully saturated rings. The van der Waals surface area contributed by atoms with Crippen LogP contribution in [0.15, 0.2) is 24.3 Å². The van der Waals surface area contributed by atoms with Gasteiger partial charge in [0.25, 0.3) is 0 Å². The predicted octanol–water partition coefficient (Wildman–Crippen LogP) is 3.00. The molecular weight excluding hydrogens is 198 g/mol. The van der Waals surface area contributed by atoms with Gasteiger partial charge in [-0.05, 0) is 49.4 Å². The second-order valence-electron chi connectivity index (χ2n) is 4.57. The van der Waals surface area contributed by atoms with Crippen molar-refractivity contribution in [3.63, 3.8) is 0 Å². The molecule has 0 atom stereocenters. The van der Waals surface area contributed by atoms with Crippen LogP contribution in [-0.2, 0) is 6.42 Å². The van der Waals surface area contributed by atoms with Crippen molar-refractivity contribution in [2.75, 3.05) is 13.2 Å². The first-order valence-electron chi connectivity index (χ1n) is 6.14. The third kappa shape index (κ3) is 5.17. The largest absolute Gasteiger partial charge is 0.494 e. The fourth-order valence-electron chi connectivity index (χ4n) is 1.47. The van der Waals surface area contributed by atoms with Gasteiger partial charge in [0.2, 0.25) is 0 Å². The molecule has 0 radical (unpaired) electrons. The number of benzene rings is 1. The zero-order chi connectivity index (χ0) is 11.8. The highest BCUT2D eigenvalue weighted by Crippen LogP contribution is 2.14. The first kappa shape index (κ1) is 13.0. The van der Waals surface area contributed by atoms with E-state index in [1.807, 2.05) is 12.1 Å². The Bertz CT molecular complexity index is 279. The summed E-state index contributed by atoms with van der Waals surface area (Å²) < 4.78 is 5.65. The maximum absolute atomic E-state index is 5.65. The Morgan fingerprint density at radius 2 is 1.88 bits per heavy atom. The Morgan fingerprint density at radius 1 is 1.19 bits per heavy atom. The van der Waals surface area contributed by atoms with Crippen LogP contribution in [0.4, 0.5) is 0 Å². The predicted molar refractivity (Wildman–Crippen MR) is 68.8 cm³/mol. The molecule has 0 aliphatic heterocycles. The van der Waals surface area contributed by atoms with Crippen molar-refractivity contribution in [3.8, 4) is 5.75 Å². The summed E-state index contributed by atoms with van der Waals surface area (Å²) in [5.74, 6) is 1.67. The van der Waals surface area contributed by atoms with E-state index in [-0.39, 0.29) is 0 Å². The third-order valence-electron chi connectivity index (χ3n) is 2.56. The lowest BCUT2D eigenvalue weighted by Gasteiger charge is -2.08. The van der Waals surface area contributed by atoms with Gasteiger partial charge >= 0.3 is 0 Å². The van der Waals surface area contributed by atoms with Crippen molar-refractivity contribution < 1.29 is 4.74 Å². The summed E-state index contributed by atoms with van der Waals surface area (Å²) in [5, 5.41) is 0. The molecule has 0 aliphatic rings. The lowest BCUT2D eigenvalue weighted by Crippen LogP contribution is -2.02. The van der Waals surface area contributed by atoms with Gasteiger partial charge in [0.1, 0.15) is 5.75 Å². The van der Waals surface area contributed by atoms with Crippen molar-refractivity contribution >= 4 is 0 Å². The van der Waals surface area contributed by atoms with Crippen LogP contribution in [0.2, 0.25) is 0 Å². The van der Waals surface area contributed by atoms with Crippen LogP contribution in [0.5, 0.6) is 5.75 Å². The van der Waals surface area contributed by atoms with Gasteiger partial charge in [-0.2, -0.15) is 0 Å². The van der Waals surface area contributed by atoms with Crippen LogP contribution in [-0.4, -0.2) is 13.2 Å². The summed E-state index contributed by atoms with van der Waals surface area (Å²) in [5.41, 5.74) is 6.81. The molecule has 0 saturated heterocycles. The van der Waals surface area contributed by atoms with E-state index in [0.29, 0.717) is 5.92 Å². The molecule has 0 heterocycles. The van der Waals surface area contributed by atoms with Gasteiger partial charge in [0.05, 0.1) is 6.61 Å². The topological polar surface area (TPSA) is 35.2 Å². The summed E-state index contributed by atoms with van der Waals surface area (Å²) in [4.78, 5) is 0. The molecule has 0 saturated carbocycles. The molecule has 0 spiro atoms. The maximum Gasteiger partial charge on any atom is 0.119 e. The van der Waals surface area contributed by atoms with Crippen LogP contribution < -0.4 is 10.5 Å². The Hall–Kier alpha value is -1.02. The van der Waals surface area contributed by atoms with E-state index in [9.17, 15) is 0 Å². The summed E-state index contributed by atoms with van der Waals surface area (Å²) in [7, 11) is 0. The molecule has 90 valence electrons. The van der Waals surface area contributed by atoms with E-state index < -0.39 is 0 Å². The molecule has 0 bridgehead atoms. The van der Waals surface area contributed by atoms with E-state index in [1.165, 1.54) is 5.56 Å². The highest BCUT2D eigenvalue weighted by atomic mass is 16.5. The average molecular weight is 221 g/mol. The number of aryl methyl sites for hydroxylation is 1. The maximum atomic E-state index is 5.65. The SMILES string of the molecule is CC(C)CCOc1ccc(CCCN)cc1. The molecule has 1 aromatic rings. The average Bonchev–Trinajstić information content (AvgIpc) is 2.27. The van der Waals surface area contributed by atoms with E-state index >= 15 is 0 Å². The quantitative estimate of drug-likeness (QED) is 0.768. The van der Waals surface area contributed by atoms with Crippen LogP contribution in [0.1, 0.15) is 32.3 Å². The number of hydrogen-bond donors (Lipinski definition) is 1. The standard InChI is InChI=1S/C14H23NO/c1-12(2)9-11-16-14-7-5-13(6-8-14)4-3-10-15/h5-8,12H,3-4,9-11,15H2,1-2H3. The van der Waals surface area contributed by atoms with E-state index in [2.05, 4.69) is 26.0 Å². The number of hydrogen-bond acceptors (Lipinski definition) is 2. The molecule has 2 N–H and O–H groups in total. The van der Waals surface area contributed by atoms with Gasteiger partial charge in [-0.3, -0.25) is 0 Å². The normalized spacial score (nSPS) is 10.8. The molecule has 1 rings (SSSR count). The van der Waals surface area contributed by atoms with Gasteiger partial charge < -0.3 is 10.5 Å². The van der Waals surface area contributed by atoms with Crippen molar-refractivity contribution in [3.05, 3.63) is 29.8 Å². The van der Waals surface area contributed by atoms with Crippen molar-refractivity contribution in [1.82, 2.24) is 0 Å². The Balaban J connectivity index is 2.33. The van der Waals surface area contributed by atoms with E-state index in [1.54, 1.807) is 0 Å². The van der Waals surface area contributed by atoms with Crippen molar-refractivity contribution in [2.24, 2.45) is 11.7 Å². The summed E-state index contributed by atoms with van der Waals surface area (Å²) in [6.07, 6.45) is 3.21. The number of nitrogens with two attached hydrogens (primary N) is 1. The fraction of sp³-hybridized carbons (Fsp3) is 0.571. The van der Waals surface area contributed by atoms with Gasteiger partial charge in [-0.25, -0.2) is 0 Å². The zero-order valence-corrected chi connectivity index (χ0v) is 10.4. The lowest BCUT2D eigenvalue weighted by atomic mass is 10.1. The molecule has 0 aromatic heterocycles. The smallest absolute Gasteiger partial charge is 0.119 e. The molecule has 0 unspecified atom stereocenters. The fourth-order valence-corrected chi connectivity index (χ4v) is 1.47. The molecule has 2 nitrogen and oxygen atoms in total. The molecule has 16 heavy (non-hydrogen) atoms. The van der Waals surface area contributed by atoms with E-state index in [0.717, 1.165) is 38.2 Å². The van der Waals surface area contributed by atoms with Crippen LogP contribution in [0, 0.1) is 5.92 Å². The molecular formula is C14H23NO. The van der Waals surface area contributed by atoms with Gasteiger partial charge in [-0.1, -0.05) is 26.0 Å². The lowest BCUT2D eigenvalue weighted by molar-refractivity contribution is 0.289. The first-order chi connectivity index (χ1) is 7.72. The molecule has 0 aliphatic carbocycles. The first-order valence-corrected chi connectivity index (χ1v) is 6.14. The Labute approximate surface area is 98.8 Å². The summed E-state index contributed by atoms with van der Waals surface area (Å²) in [6.45, 7) is 5.98. The third-order valence-corrected chi connectivity index (χ3v) is 2.56. The zero-order valence-electron chi connectivity index (χ0n) is 10.4. The molecule has 0 amide bonds. The Kier molecular flexibility index (Phi) is 5.94. The van der Waals surface area contributed by atoms with Crippen LogP contribution in [0.25, 0.3) is 0 Å². The van der Waals surface area contributed by atoms with Crippen molar-refractivity contribution in [2.45, 2.75) is 33.1 Å². The summed E-state index contributed by atoms with van der Waals surface area (Å²) >= 11 is 0. The minimum atomic E-state index is 0.698. The number of ether oxygens (including phenoxy) is 1. The minimum absolute atomic E-state index is 0.698. The van der Waals surface area contributed by atoms with E-state index in [4.69, 9.17) is 10.5 Å². The van der Waals surface area contributed by atoms with Crippen molar-refractivity contribution in [1.29, 1.82) is 0 Å². The second-order valence-corrected chi connectivity index (χ2v) is 4.57. The number of rotatable bonds is 7. The van der Waals surface area contributed by atoms with Crippen LogP contribution >= 0.6 is 0 Å². The minimum Gasteiger partial charge on any atom is -0.494 e. The highest BCUT2D eigenvalue weighted by molar-refractivity contribution is 5.27. The van der Waals surface area contributed by atoms with Gasteiger partial charge in [-0.15, -0.1) is 0 Å². The second kappa shape index (κ2) is 7.29. The monoisotopic (exact) mass is 221 g/mol. The van der Waals surface area contributed by atoms with Gasteiger partial charge in [0, 0.05) is 0 Å². The molecule has 1 aromatic carbocycles. The Morgan fingerprint density at radius 3 is 2.44 bits per heavy atom. The van der Waals surface area contributed by atoms with Crippen LogP contribution in [0.3, 0.4) is 0 Å².